The first-order valence-corrected chi connectivity index (χ1v) is 12.1. The summed E-state index contributed by atoms with van der Waals surface area (Å²) in [6.07, 6.45) is 45.0. The highest BCUT2D eigenvalue weighted by Crippen LogP contribution is 1.48. The van der Waals surface area contributed by atoms with E-state index in [2.05, 4.69) is 73.7 Å². The van der Waals surface area contributed by atoms with Gasteiger partial charge in [-0.15, -0.1) is 82.2 Å². The summed E-state index contributed by atoms with van der Waals surface area (Å²) in [6.45, 7) is 14.1. The van der Waals surface area contributed by atoms with Crippen LogP contribution >= 0.6 is 82.2 Å². The summed E-state index contributed by atoms with van der Waals surface area (Å²) >= 11 is 0. The molecule has 406 valence electrons. The fourth-order valence-electron chi connectivity index (χ4n) is 0. The summed E-state index contributed by atoms with van der Waals surface area (Å²) in [5.41, 5.74) is 0. The van der Waals surface area contributed by atoms with Crippen LogP contribution in [0.15, 0.2) is 0 Å². The quantitative estimate of drug-likeness (QED) is 0.101. The van der Waals surface area contributed by atoms with Gasteiger partial charge < -0.3 is 73.7 Å². The maximum atomic E-state index is 6.31. The van der Waals surface area contributed by atoms with Gasteiger partial charge in [0.2, 0.25) is 0 Å². The molecule has 53 heavy (non-hydrogen) atoms. The molecule has 0 amide bonds. The lowest BCUT2D eigenvalue weighted by molar-refractivity contribution is 2.13. The van der Waals surface area contributed by atoms with Crippen LogP contribution in [0.25, 0.3) is 0 Å². The van der Waals surface area contributed by atoms with Crippen molar-refractivity contribution in [1.29, 1.82) is 23.0 Å². The molecule has 0 saturated carbocycles. The summed E-state index contributed by atoms with van der Waals surface area (Å²) < 4.78 is 177. The van der Waals surface area contributed by atoms with E-state index in [0.717, 1.165) is 0 Å². The number of rotatable bonds is 0. The zero-order valence-electron chi connectivity index (χ0n) is 50.0. The van der Waals surface area contributed by atoms with E-state index < -0.39 is 82.2 Å². The molecular weight excluding hydrogens is 831 g/mol. The normalized spacial score (nSPS) is 12.6. The van der Waals surface area contributed by atoms with Crippen LogP contribution in [-0.2, 0) is 0 Å². The molecule has 0 aliphatic rings. The van der Waals surface area contributed by atoms with Gasteiger partial charge in [-0.1, -0.05) is 231 Å². The fourth-order valence-corrected chi connectivity index (χ4v) is 0. The van der Waals surface area contributed by atoms with Gasteiger partial charge in [0.1, 0.15) is 16.9 Å². The highest BCUT2D eigenvalue weighted by Gasteiger charge is 0.922. The SMILES string of the molecule is C.C.C.C.C.C.C.C.C.C.C.C.C.C.C.C.C.C.C.C.C.C.C.[2H]N.[2H]N.[2H]N.[2H]N.[2H]N.[2H]N.[2H]N.[2H]N.[2H]N.[2H]N.[2H]N.[2H]N.[2H]P([3H])C.[2H]P([3H])C.[2H]P([3H])C.[2H]P([3H])C.[2H]P([3H])C.[2H]P([3H])C.[2H]P([3H])C.[2H]P([3H])C.[2H]P([3H])C. The Morgan fingerprint density at radius 2 is 0.208 bits per heavy atom. The molecule has 0 aromatic carbocycles. The van der Waals surface area contributed by atoms with Crippen molar-refractivity contribution in [3.8, 4) is 0 Å². The van der Waals surface area contributed by atoms with Crippen molar-refractivity contribution in [2.24, 2.45) is 0 Å². The van der Waals surface area contributed by atoms with Gasteiger partial charge in [-0.2, -0.15) is 0 Å². The van der Waals surface area contributed by atoms with Crippen molar-refractivity contribution in [3.63, 3.8) is 0 Å². The number of hydrogen-bond acceptors (Lipinski definition) is 12. The van der Waals surface area contributed by atoms with Gasteiger partial charge in [0.05, 0.1) is 23.0 Å². The summed E-state index contributed by atoms with van der Waals surface area (Å²) in [5.74, 6) is 0. The zero-order valence-corrected chi connectivity index (χ0v) is 28.0. The predicted molar refractivity (Wildman–Crippen MR) is 356 cm³/mol. The predicted octanol–water partition coefficient (Wildman–Crippen LogP) is 21.0. The molecule has 0 heterocycles. The van der Waals surface area contributed by atoms with E-state index in [9.17, 15) is 0 Å². The first kappa shape index (κ1) is 96.3. The molecule has 0 aromatic rings. The van der Waals surface area contributed by atoms with E-state index in [4.69, 9.17) is 40.0 Å². The van der Waals surface area contributed by atoms with Crippen LogP contribution in [0.1, 0.15) is 171 Å². The van der Waals surface area contributed by atoms with Crippen molar-refractivity contribution >= 4 is 82.2 Å². The van der Waals surface area contributed by atoms with E-state index in [1.165, 1.54) is 0 Å². The minimum absolute atomic E-state index is 0. The Morgan fingerprint density at radius 1 is 0.208 bits per heavy atom. The first-order chi connectivity index (χ1) is 27.6. The molecule has 0 spiro atoms. The molecule has 0 aromatic heterocycles. The highest BCUT2D eigenvalue weighted by molar-refractivity contribution is 7.16. The van der Waals surface area contributed by atoms with Crippen LogP contribution in [0.4, 0.5) is 0 Å². The highest BCUT2D eigenvalue weighted by atomic mass is 31.0. The van der Waals surface area contributed by atoms with Crippen molar-refractivity contribution in [1.82, 2.24) is 73.7 Å². The lowest BCUT2D eigenvalue weighted by Crippen LogP contribution is -0.804. The summed E-state index contributed by atoms with van der Waals surface area (Å²) in [6, 6.07) is 0. The Morgan fingerprint density at radius 3 is 0.208 bits per heavy atom. The van der Waals surface area contributed by atoms with Gasteiger partial charge in [0.15, 0.2) is 0 Å². The van der Waals surface area contributed by atoms with Gasteiger partial charge in [0, 0.05) is 0 Å². The topological polar surface area (TPSA) is 420 Å². The van der Waals surface area contributed by atoms with E-state index in [-0.39, 0.29) is 171 Å². The second-order valence-electron chi connectivity index (χ2n) is 0. The van der Waals surface area contributed by atoms with Crippen LogP contribution in [-0.4, -0.2) is 83.0 Å². The van der Waals surface area contributed by atoms with Gasteiger partial charge in [-0.3, -0.25) is 0 Å². The molecule has 0 saturated heterocycles. The van der Waals surface area contributed by atoms with Crippen LogP contribution in [0.5, 0.6) is 0 Å². The fraction of sp³-hybridized carbons (Fsp3) is 1.00. The van der Waals surface area contributed by atoms with E-state index in [0.29, 0.717) is 0 Å². The second-order valence-corrected chi connectivity index (χ2v) is 0. The molecule has 0 bridgehead atoms. The molecular formula is C32H173N12P9. The van der Waals surface area contributed by atoms with Crippen molar-refractivity contribution < 1.29 is 16.9 Å². The largest absolute Gasteiger partial charge is 0.344 e. The van der Waals surface area contributed by atoms with Gasteiger partial charge >= 0.3 is 0 Å². The molecule has 0 radical (unpaired) electrons. The number of hydrogen-bond donors (Lipinski definition) is 12. The van der Waals surface area contributed by atoms with Crippen molar-refractivity contribution in [3.05, 3.63) is 0 Å². The second kappa shape index (κ2) is 14300. The maximum Gasteiger partial charge on any atom is 0.115 e. The molecule has 9 unspecified atom stereocenters. The minimum atomic E-state index is -1.12. The average Bonchev–Trinajstić information content (AvgIpc) is 3.16. The summed E-state index contributed by atoms with van der Waals surface area (Å²) in [5, 5.41) is 0. The lowest BCUT2D eigenvalue weighted by atomic mass is 12.0. The monoisotopic (exact) mass is 1040 g/mol. The van der Waals surface area contributed by atoms with Crippen LogP contribution in [0.2, 0.25) is 16.9 Å². The van der Waals surface area contributed by atoms with Crippen molar-refractivity contribution in [2.75, 3.05) is 60.0 Å². The van der Waals surface area contributed by atoms with E-state index >= 15 is 0 Å². The molecule has 0 rings (SSSR count). The molecule has 12 nitrogen and oxygen atoms in total. The van der Waals surface area contributed by atoms with Crippen molar-refractivity contribution in [2.45, 2.75) is 171 Å². The third-order valence-corrected chi connectivity index (χ3v) is 0. The third kappa shape index (κ3) is 13700. The molecule has 21 heteroatoms. The van der Waals surface area contributed by atoms with E-state index in [1.54, 1.807) is 60.0 Å². The first-order valence-electron chi connectivity index (χ1n) is 19.0. The Balaban J connectivity index is -0.00000000455. The lowest BCUT2D eigenvalue weighted by Gasteiger charge is -1.10. The molecule has 0 fully saturated rings. The summed E-state index contributed by atoms with van der Waals surface area (Å²) in [4.78, 5) is 0. The Bertz CT molecular complexity index is 279. The minimum Gasteiger partial charge on any atom is -0.344 e. The smallest absolute Gasteiger partial charge is 0.115 e. The van der Waals surface area contributed by atoms with Gasteiger partial charge in [-0.25, -0.2) is 0 Å². The standard InChI is InChI=1S/9CH5P.23CH4.12H3N/c9*1-2;;;;;;;;;;;;;;;;;;;;;;;;;;;;;;;;;;;/h9*2H2,1H3;23*1H4;12*1H3/i9*2TD;;;;;;;;;;;;;;;;;;;;;;;;;;;;;;;;;;;/hD12. The van der Waals surface area contributed by atoms with Crippen LogP contribution in [0, 0.1) is 0 Å². The van der Waals surface area contributed by atoms with Gasteiger partial charge in [-0.05, 0) is 0 Å². The third-order valence-electron chi connectivity index (χ3n) is 0. The Kier molecular flexibility index (Phi) is 25900. The zero-order chi connectivity index (χ0) is 56.2. The van der Waals surface area contributed by atoms with E-state index in [1.807, 2.05) is 0 Å². The van der Waals surface area contributed by atoms with Crippen LogP contribution < -0.4 is 73.7 Å². The summed E-state index contributed by atoms with van der Waals surface area (Å²) in [7, 11) is -10.1. The van der Waals surface area contributed by atoms with Crippen LogP contribution in [0.3, 0.4) is 0 Å². The van der Waals surface area contributed by atoms with Gasteiger partial charge in [0.25, 0.3) is 0 Å². The average molecular weight is 1040 g/mol. The Hall–Kier alpha value is 3.39. The molecule has 0 aliphatic heterocycles. The molecule has 0 aliphatic carbocycles. The maximum absolute atomic E-state index is 6.31. The molecule has 9 atom stereocenters. The Labute approximate surface area is 426 Å². The molecule has 36 N–H and O–H groups in total.